The highest BCUT2D eigenvalue weighted by Crippen LogP contribution is 2.24. The lowest BCUT2D eigenvalue weighted by Crippen LogP contribution is -2.57. The van der Waals surface area contributed by atoms with Gasteiger partial charge in [0.15, 0.2) is 17.2 Å². The Balaban J connectivity index is 2.08. The Kier molecular flexibility index (Phi) is 5.47. The van der Waals surface area contributed by atoms with Gasteiger partial charge in [-0.15, -0.1) is 0 Å². The zero-order chi connectivity index (χ0) is 16.2. The number of halogens is 2. The van der Waals surface area contributed by atoms with Crippen LogP contribution in [0.3, 0.4) is 0 Å². The van der Waals surface area contributed by atoms with Gasteiger partial charge in [-0.2, -0.15) is 0 Å². The van der Waals surface area contributed by atoms with E-state index >= 15 is 0 Å². The van der Waals surface area contributed by atoms with Gasteiger partial charge in [-0.3, -0.25) is 4.79 Å². The fourth-order valence-corrected chi connectivity index (χ4v) is 2.73. The van der Waals surface area contributed by atoms with Crippen LogP contribution in [0.15, 0.2) is 18.2 Å². The number of nitrogens with one attached hydrogen (secondary N) is 1. The summed E-state index contributed by atoms with van der Waals surface area (Å²) < 4.78 is 27.0. The summed E-state index contributed by atoms with van der Waals surface area (Å²) in [4.78, 5) is 13.9. The highest BCUT2D eigenvalue weighted by atomic mass is 19.2. The number of nitrogens with zero attached hydrogens (tertiary/aromatic N) is 1. The van der Waals surface area contributed by atoms with Gasteiger partial charge in [0.25, 0.3) is 5.91 Å². The third-order valence-electron chi connectivity index (χ3n) is 3.94. The molecule has 1 aliphatic rings. The van der Waals surface area contributed by atoms with Gasteiger partial charge in [-0.1, -0.05) is 19.1 Å². The smallest absolute Gasteiger partial charge is 0.256 e. The molecule has 22 heavy (non-hydrogen) atoms. The van der Waals surface area contributed by atoms with Crippen LogP contribution in [0.25, 0.3) is 0 Å². The van der Waals surface area contributed by atoms with Crippen molar-refractivity contribution in [3.05, 3.63) is 35.4 Å². The second-order valence-corrected chi connectivity index (χ2v) is 5.75. The molecule has 0 radical (unpaired) electrons. The Hall–Kier alpha value is -1.53. The number of carbonyl (C=O) groups excluding carboxylic acids is 1. The Labute approximate surface area is 129 Å². The third kappa shape index (κ3) is 3.62. The topological polar surface area (TPSA) is 52.6 Å². The van der Waals surface area contributed by atoms with E-state index in [0.717, 1.165) is 12.5 Å². The maximum Gasteiger partial charge on any atom is 0.256 e. The van der Waals surface area contributed by atoms with Crippen molar-refractivity contribution in [2.75, 3.05) is 19.6 Å². The summed E-state index contributed by atoms with van der Waals surface area (Å²) in [6, 6.07) is 3.91. The molecule has 1 heterocycles. The Bertz CT molecular complexity index is 539. The fraction of sp³-hybridized carbons (Fsp3) is 0.562. The number of likely N-dealkylation sites (tertiary alicyclic amines) is 1. The minimum Gasteiger partial charge on any atom is -0.379 e. The van der Waals surface area contributed by atoms with Crippen molar-refractivity contribution >= 4 is 5.91 Å². The van der Waals surface area contributed by atoms with Gasteiger partial charge in [0.1, 0.15) is 0 Å². The minimum absolute atomic E-state index is 0.0293. The van der Waals surface area contributed by atoms with Crippen LogP contribution in [-0.4, -0.2) is 41.1 Å². The molecule has 1 aromatic carbocycles. The van der Waals surface area contributed by atoms with Gasteiger partial charge < -0.3 is 15.3 Å². The highest BCUT2D eigenvalue weighted by molar-refractivity contribution is 5.86. The lowest BCUT2D eigenvalue weighted by Gasteiger charge is -2.38. The van der Waals surface area contributed by atoms with E-state index in [1.54, 1.807) is 0 Å². The first-order valence-corrected chi connectivity index (χ1v) is 7.63. The highest BCUT2D eigenvalue weighted by Gasteiger charge is 2.41. The summed E-state index contributed by atoms with van der Waals surface area (Å²) in [5.74, 6) is -2.29. The first-order valence-electron chi connectivity index (χ1n) is 7.63. The Morgan fingerprint density at radius 3 is 2.91 bits per heavy atom. The van der Waals surface area contributed by atoms with Crippen LogP contribution in [0, 0.1) is 11.6 Å². The summed E-state index contributed by atoms with van der Waals surface area (Å²) in [5, 5.41) is 13.6. The second kappa shape index (κ2) is 7.15. The van der Waals surface area contributed by atoms with Crippen molar-refractivity contribution in [1.29, 1.82) is 0 Å². The number of amides is 1. The van der Waals surface area contributed by atoms with Crippen molar-refractivity contribution in [3.63, 3.8) is 0 Å². The van der Waals surface area contributed by atoms with E-state index in [2.05, 4.69) is 5.32 Å². The van der Waals surface area contributed by atoms with Crippen LogP contribution in [-0.2, 0) is 11.3 Å². The normalized spacial score (nSPS) is 22.2. The largest absolute Gasteiger partial charge is 0.379 e. The fourth-order valence-electron chi connectivity index (χ4n) is 2.73. The molecule has 1 fully saturated rings. The first kappa shape index (κ1) is 16.8. The third-order valence-corrected chi connectivity index (χ3v) is 3.94. The summed E-state index contributed by atoms with van der Waals surface area (Å²) in [6.45, 7) is 3.30. The van der Waals surface area contributed by atoms with Crippen molar-refractivity contribution in [2.24, 2.45) is 0 Å². The minimum atomic E-state index is -1.46. The predicted molar refractivity (Wildman–Crippen MR) is 79.1 cm³/mol. The molecule has 2 rings (SSSR count). The molecule has 0 unspecified atom stereocenters. The number of benzene rings is 1. The van der Waals surface area contributed by atoms with Gasteiger partial charge in [-0.05, 0) is 31.9 Å². The lowest BCUT2D eigenvalue weighted by molar-refractivity contribution is -0.157. The van der Waals surface area contributed by atoms with Crippen LogP contribution >= 0.6 is 0 Å². The van der Waals surface area contributed by atoms with E-state index in [1.807, 2.05) is 6.92 Å². The SMILES string of the molecule is CCCNC[C@@]1(O)CCCN(Cc2cccc(F)c2F)C1=O. The molecule has 0 bridgehead atoms. The summed E-state index contributed by atoms with van der Waals surface area (Å²) in [6.07, 6.45) is 1.92. The van der Waals surface area contributed by atoms with Gasteiger partial charge in [-0.25, -0.2) is 8.78 Å². The average Bonchev–Trinajstić information content (AvgIpc) is 2.49. The van der Waals surface area contributed by atoms with Gasteiger partial charge in [0.2, 0.25) is 0 Å². The summed E-state index contributed by atoms with van der Waals surface area (Å²) >= 11 is 0. The van der Waals surface area contributed by atoms with E-state index < -0.39 is 23.1 Å². The van der Waals surface area contributed by atoms with E-state index in [9.17, 15) is 18.7 Å². The molecule has 0 aromatic heterocycles. The summed E-state index contributed by atoms with van der Waals surface area (Å²) in [7, 11) is 0. The number of hydrogen-bond acceptors (Lipinski definition) is 3. The Morgan fingerprint density at radius 1 is 1.41 bits per heavy atom. The molecule has 2 N–H and O–H groups in total. The zero-order valence-corrected chi connectivity index (χ0v) is 12.7. The standard InChI is InChI=1S/C16H22F2N2O2/c1-2-8-19-11-16(22)7-4-9-20(15(16)21)10-12-5-3-6-13(17)14(12)18/h3,5-6,19,22H,2,4,7-11H2,1H3/t16-/m0/s1. The Morgan fingerprint density at radius 2 is 2.18 bits per heavy atom. The molecule has 122 valence electrons. The predicted octanol–water partition coefficient (Wildman–Crippen LogP) is 1.82. The van der Waals surface area contributed by atoms with Crippen molar-refractivity contribution in [1.82, 2.24) is 10.2 Å². The van der Waals surface area contributed by atoms with Crippen molar-refractivity contribution in [2.45, 2.75) is 38.3 Å². The first-order chi connectivity index (χ1) is 10.5. The number of hydrogen-bond donors (Lipinski definition) is 2. The molecular weight excluding hydrogens is 290 g/mol. The van der Waals surface area contributed by atoms with Crippen LogP contribution in [0.4, 0.5) is 8.78 Å². The number of carbonyl (C=O) groups is 1. The number of piperidine rings is 1. The maximum atomic E-state index is 13.7. The van der Waals surface area contributed by atoms with Crippen LogP contribution < -0.4 is 5.32 Å². The molecular formula is C16H22F2N2O2. The van der Waals surface area contributed by atoms with Crippen molar-refractivity contribution < 1.29 is 18.7 Å². The number of aliphatic hydroxyl groups is 1. The molecule has 1 aromatic rings. The van der Waals surface area contributed by atoms with Crippen LogP contribution in [0.2, 0.25) is 0 Å². The van der Waals surface area contributed by atoms with E-state index in [1.165, 1.54) is 17.0 Å². The van der Waals surface area contributed by atoms with Gasteiger partial charge in [0, 0.05) is 25.2 Å². The van der Waals surface area contributed by atoms with E-state index in [4.69, 9.17) is 0 Å². The molecule has 4 nitrogen and oxygen atoms in total. The van der Waals surface area contributed by atoms with Gasteiger partial charge in [0.05, 0.1) is 0 Å². The molecule has 1 aliphatic heterocycles. The molecule has 0 saturated carbocycles. The summed E-state index contributed by atoms with van der Waals surface area (Å²) in [5.41, 5.74) is -1.34. The molecule has 1 atom stereocenters. The van der Waals surface area contributed by atoms with E-state index in [0.29, 0.717) is 25.9 Å². The number of rotatable bonds is 6. The quantitative estimate of drug-likeness (QED) is 0.788. The molecule has 0 aliphatic carbocycles. The average molecular weight is 312 g/mol. The van der Waals surface area contributed by atoms with Crippen molar-refractivity contribution in [3.8, 4) is 0 Å². The maximum absolute atomic E-state index is 13.7. The molecule has 1 amide bonds. The lowest BCUT2D eigenvalue weighted by atomic mass is 9.91. The monoisotopic (exact) mass is 312 g/mol. The molecule has 1 saturated heterocycles. The molecule has 0 spiro atoms. The zero-order valence-electron chi connectivity index (χ0n) is 12.7. The van der Waals surface area contributed by atoms with Crippen LogP contribution in [0.1, 0.15) is 31.7 Å². The van der Waals surface area contributed by atoms with Crippen LogP contribution in [0.5, 0.6) is 0 Å². The van der Waals surface area contributed by atoms with Gasteiger partial charge >= 0.3 is 0 Å². The molecule has 6 heteroatoms. The van der Waals surface area contributed by atoms with E-state index in [-0.39, 0.29) is 18.7 Å². The second-order valence-electron chi connectivity index (χ2n) is 5.75.